The number of amides is 1. The van der Waals surface area contributed by atoms with Crippen molar-refractivity contribution in [1.82, 2.24) is 0 Å². The third kappa shape index (κ3) is 8.11. The summed E-state index contributed by atoms with van der Waals surface area (Å²) in [4.78, 5) is 12.7. The number of rotatable bonds is 9. The van der Waals surface area contributed by atoms with E-state index in [-0.39, 0.29) is 12.2 Å². The maximum absolute atomic E-state index is 12.7. The highest BCUT2D eigenvalue weighted by Gasteiger charge is 2.11. The lowest BCUT2D eigenvalue weighted by atomic mass is 10.1. The van der Waals surface area contributed by atoms with Crippen molar-refractivity contribution in [3.63, 3.8) is 0 Å². The summed E-state index contributed by atoms with van der Waals surface area (Å²) in [5.74, 6) is 0.746. The van der Waals surface area contributed by atoms with Gasteiger partial charge in [-0.2, -0.15) is 5.26 Å². The van der Waals surface area contributed by atoms with E-state index < -0.39 is 5.91 Å². The van der Waals surface area contributed by atoms with Crippen molar-refractivity contribution in [2.24, 2.45) is 0 Å². The van der Waals surface area contributed by atoms with E-state index in [1.165, 1.54) is 11.6 Å². The van der Waals surface area contributed by atoms with Crippen molar-refractivity contribution >= 4 is 56.8 Å². The van der Waals surface area contributed by atoms with Crippen molar-refractivity contribution in [2.75, 3.05) is 5.32 Å². The first-order chi connectivity index (χ1) is 18.8. The van der Waals surface area contributed by atoms with Gasteiger partial charge in [0.2, 0.25) is 0 Å². The summed E-state index contributed by atoms with van der Waals surface area (Å²) in [5.41, 5.74) is 4.23. The SMILES string of the molecule is Cc1ccc(COc2ccc(/C=C(\C#N)C(=O)Nc3ccc(OCc4ccc(Cl)cc4Cl)cc3)cc2Br)cc1. The van der Waals surface area contributed by atoms with Crippen LogP contribution in [-0.2, 0) is 18.0 Å². The normalized spacial score (nSPS) is 11.0. The molecule has 1 N–H and O–H groups in total. The number of aryl methyl sites for hydroxylation is 1. The first-order valence-corrected chi connectivity index (χ1v) is 13.4. The number of benzene rings is 4. The summed E-state index contributed by atoms with van der Waals surface area (Å²) in [6.07, 6.45) is 1.52. The zero-order valence-corrected chi connectivity index (χ0v) is 24.0. The van der Waals surface area contributed by atoms with Gasteiger partial charge in [0.25, 0.3) is 5.91 Å². The first-order valence-electron chi connectivity index (χ1n) is 11.9. The Bertz CT molecular complexity index is 1550. The fourth-order valence-corrected chi connectivity index (χ4v) is 4.49. The molecule has 4 aromatic rings. The smallest absolute Gasteiger partial charge is 0.266 e. The molecule has 0 heterocycles. The molecule has 0 aromatic heterocycles. The number of hydrogen-bond acceptors (Lipinski definition) is 4. The molecule has 0 spiro atoms. The second-order valence-corrected chi connectivity index (χ2v) is 10.3. The van der Waals surface area contributed by atoms with Crippen LogP contribution in [-0.4, -0.2) is 5.91 Å². The Morgan fingerprint density at radius 3 is 2.36 bits per heavy atom. The number of nitrogens with one attached hydrogen (secondary N) is 1. The van der Waals surface area contributed by atoms with Crippen LogP contribution in [0.5, 0.6) is 11.5 Å². The average Bonchev–Trinajstić information content (AvgIpc) is 2.92. The number of ether oxygens (including phenoxy) is 2. The van der Waals surface area contributed by atoms with E-state index in [0.717, 1.165) is 15.6 Å². The Kier molecular flexibility index (Phi) is 9.67. The summed E-state index contributed by atoms with van der Waals surface area (Å²) in [6.45, 7) is 2.74. The molecule has 0 bridgehead atoms. The van der Waals surface area contributed by atoms with E-state index in [4.69, 9.17) is 32.7 Å². The molecule has 0 atom stereocenters. The van der Waals surface area contributed by atoms with Crippen LogP contribution >= 0.6 is 39.1 Å². The summed E-state index contributed by atoms with van der Waals surface area (Å²) in [6, 6.07) is 27.5. The fourth-order valence-electron chi connectivity index (χ4n) is 3.52. The van der Waals surface area contributed by atoms with Crippen LogP contribution in [0.25, 0.3) is 6.08 Å². The van der Waals surface area contributed by atoms with Crippen LogP contribution in [0.3, 0.4) is 0 Å². The maximum Gasteiger partial charge on any atom is 0.266 e. The summed E-state index contributed by atoms with van der Waals surface area (Å²) >= 11 is 15.6. The van der Waals surface area contributed by atoms with E-state index in [0.29, 0.717) is 39.4 Å². The molecule has 1 amide bonds. The van der Waals surface area contributed by atoms with Crippen LogP contribution in [0.4, 0.5) is 5.69 Å². The monoisotopic (exact) mass is 620 g/mol. The molecule has 0 aliphatic heterocycles. The van der Waals surface area contributed by atoms with E-state index in [1.807, 2.05) is 37.3 Å². The van der Waals surface area contributed by atoms with Gasteiger partial charge in [-0.25, -0.2) is 0 Å². The largest absolute Gasteiger partial charge is 0.489 e. The zero-order chi connectivity index (χ0) is 27.8. The molecule has 4 rings (SSSR count). The predicted molar refractivity (Wildman–Crippen MR) is 159 cm³/mol. The summed E-state index contributed by atoms with van der Waals surface area (Å²) in [5, 5.41) is 13.4. The van der Waals surface area contributed by atoms with Crippen molar-refractivity contribution in [1.29, 1.82) is 5.26 Å². The minimum absolute atomic E-state index is 0.0343. The number of carbonyl (C=O) groups excluding carboxylic acids is 1. The first kappa shape index (κ1) is 28.3. The lowest BCUT2D eigenvalue weighted by molar-refractivity contribution is -0.112. The highest BCUT2D eigenvalue weighted by molar-refractivity contribution is 9.10. The summed E-state index contributed by atoms with van der Waals surface area (Å²) < 4.78 is 12.4. The number of anilines is 1. The molecule has 8 heteroatoms. The highest BCUT2D eigenvalue weighted by Crippen LogP contribution is 2.28. The van der Waals surface area contributed by atoms with E-state index in [2.05, 4.69) is 21.2 Å². The molecule has 5 nitrogen and oxygen atoms in total. The van der Waals surface area contributed by atoms with Gasteiger partial charge in [-0.3, -0.25) is 4.79 Å². The predicted octanol–water partition coefficient (Wildman–Crippen LogP) is 8.77. The van der Waals surface area contributed by atoms with Crippen LogP contribution in [0.15, 0.2) is 95.0 Å². The third-order valence-electron chi connectivity index (χ3n) is 5.67. The average molecular weight is 622 g/mol. The van der Waals surface area contributed by atoms with Crippen LogP contribution in [0.1, 0.15) is 22.3 Å². The number of nitriles is 1. The second-order valence-electron chi connectivity index (χ2n) is 8.64. The molecule has 0 saturated carbocycles. The van der Waals surface area contributed by atoms with Crippen molar-refractivity contribution in [3.05, 3.63) is 127 Å². The standard InChI is InChI=1S/C31H23BrCl2N2O3/c1-20-2-4-21(5-3-20)18-39-30-13-6-22(15-28(30)32)14-24(17-35)31(37)36-26-9-11-27(12-10-26)38-19-23-7-8-25(33)16-29(23)34/h2-16H,18-19H2,1H3,(H,36,37)/b24-14+. The zero-order valence-electron chi connectivity index (χ0n) is 20.9. The van der Waals surface area contributed by atoms with E-state index >= 15 is 0 Å². The van der Waals surface area contributed by atoms with Gasteiger partial charge in [0.1, 0.15) is 36.4 Å². The number of halogens is 3. The van der Waals surface area contributed by atoms with Gasteiger partial charge in [0, 0.05) is 21.3 Å². The van der Waals surface area contributed by atoms with Gasteiger partial charge < -0.3 is 14.8 Å². The minimum atomic E-state index is -0.519. The fraction of sp³-hybridized carbons (Fsp3) is 0.0968. The van der Waals surface area contributed by atoms with Gasteiger partial charge >= 0.3 is 0 Å². The van der Waals surface area contributed by atoms with Crippen molar-refractivity contribution < 1.29 is 14.3 Å². The topological polar surface area (TPSA) is 71.3 Å². The minimum Gasteiger partial charge on any atom is -0.489 e. The Labute approximate surface area is 245 Å². The van der Waals surface area contributed by atoms with E-state index in [1.54, 1.807) is 60.7 Å². The molecular weight excluding hydrogens is 599 g/mol. The molecule has 196 valence electrons. The molecule has 0 fully saturated rings. The molecule has 4 aromatic carbocycles. The van der Waals surface area contributed by atoms with Crippen molar-refractivity contribution in [2.45, 2.75) is 20.1 Å². The van der Waals surface area contributed by atoms with Gasteiger partial charge in [-0.1, -0.05) is 65.2 Å². The quantitative estimate of drug-likeness (QED) is 0.150. The van der Waals surface area contributed by atoms with E-state index in [9.17, 15) is 10.1 Å². The maximum atomic E-state index is 12.7. The molecular formula is C31H23BrCl2N2O3. The Hall–Kier alpha value is -3.76. The number of carbonyl (C=O) groups is 1. The van der Waals surface area contributed by atoms with Crippen LogP contribution in [0.2, 0.25) is 10.0 Å². The Balaban J connectivity index is 1.35. The molecule has 0 aliphatic rings. The van der Waals surface area contributed by atoms with Crippen LogP contribution in [0, 0.1) is 18.3 Å². The summed E-state index contributed by atoms with van der Waals surface area (Å²) in [7, 11) is 0. The molecule has 39 heavy (non-hydrogen) atoms. The van der Waals surface area contributed by atoms with Gasteiger partial charge in [0.15, 0.2) is 0 Å². The molecule has 0 radical (unpaired) electrons. The Morgan fingerprint density at radius 1 is 0.949 bits per heavy atom. The molecule has 0 saturated heterocycles. The molecule has 0 aliphatic carbocycles. The van der Waals surface area contributed by atoms with Gasteiger partial charge in [-0.15, -0.1) is 0 Å². The molecule has 0 unspecified atom stereocenters. The Morgan fingerprint density at radius 2 is 1.69 bits per heavy atom. The van der Waals surface area contributed by atoms with Gasteiger partial charge in [-0.05, 0) is 88.6 Å². The number of nitrogens with zero attached hydrogens (tertiary/aromatic N) is 1. The number of hydrogen-bond donors (Lipinski definition) is 1. The van der Waals surface area contributed by atoms with Crippen molar-refractivity contribution in [3.8, 4) is 17.6 Å². The lowest BCUT2D eigenvalue weighted by Crippen LogP contribution is -2.13. The van der Waals surface area contributed by atoms with Gasteiger partial charge in [0.05, 0.1) is 4.47 Å². The second kappa shape index (κ2) is 13.3. The lowest BCUT2D eigenvalue weighted by Gasteiger charge is -2.10. The van der Waals surface area contributed by atoms with Crippen LogP contribution < -0.4 is 14.8 Å². The third-order valence-corrected chi connectivity index (χ3v) is 6.88. The highest BCUT2D eigenvalue weighted by atomic mass is 79.9.